The lowest BCUT2D eigenvalue weighted by molar-refractivity contribution is 0.223. The van der Waals surface area contributed by atoms with Crippen LogP contribution in [-0.4, -0.2) is 30.9 Å². The van der Waals surface area contributed by atoms with Gasteiger partial charge in [0.25, 0.3) is 0 Å². The van der Waals surface area contributed by atoms with Gasteiger partial charge in [0.15, 0.2) is 0 Å². The number of benzene rings is 2. The summed E-state index contributed by atoms with van der Waals surface area (Å²) in [6, 6.07) is 24.6. The van der Waals surface area contributed by atoms with Gasteiger partial charge in [0, 0.05) is 12.1 Å². The molecule has 5 atom stereocenters. The second-order valence-electron chi connectivity index (χ2n) is 8.58. The Balaban J connectivity index is 1.48. The van der Waals surface area contributed by atoms with E-state index < -0.39 is 15.7 Å². The second kappa shape index (κ2) is 7.28. The van der Waals surface area contributed by atoms with Crippen molar-refractivity contribution in [1.29, 1.82) is 0 Å². The second-order valence-corrected chi connectivity index (χ2v) is 14.8. The minimum Gasteiger partial charge on any atom is -0.327 e. The average molecular weight is 416 g/mol. The molecule has 0 N–H and O–H groups in total. The van der Waals surface area contributed by atoms with Crippen LogP contribution in [0.4, 0.5) is 0 Å². The molecule has 1 saturated carbocycles. The zero-order chi connectivity index (χ0) is 18.4. The van der Waals surface area contributed by atoms with E-state index in [-0.39, 0.29) is 6.10 Å². The van der Waals surface area contributed by atoms with Gasteiger partial charge in [0.1, 0.15) is 8.07 Å². The molecule has 2 aromatic carbocycles. The number of nitrogens with zero attached hydrogens (tertiary/aromatic N) is 1. The molecule has 3 fully saturated rings. The smallest absolute Gasteiger partial charge is 0.207 e. The van der Waals surface area contributed by atoms with Crippen molar-refractivity contribution in [2.45, 2.75) is 56.5 Å². The molecule has 0 radical (unpaired) electrons. The van der Waals surface area contributed by atoms with Gasteiger partial charge in [-0.05, 0) is 42.5 Å². The zero-order valence-corrected chi connectivity index (χ0v) is 18.4. The molecular weight excluding hydrogens is 389 g/mol. The Kier molecular flexibility index (Phi) is 4.94. The van der Waals surface area contributed by atoms with E-state index in [0.717, 1.165) is 12.0 Å². The predicted octanol–water partition coefficient (Wildman–Crippen LogP) is 4.99. The summed E-state index contributed by atoms with van der Waals surface area (Å²) in [4.78, 5) is 0. The molecule has 3 aliphatic rings. The van der Waals surface area contributed by atoms with Gasteiger partial charge >= 0.3 is 0 Å². The number of halogens is 1. The van der Waals surface area contributed by atoms with Crippen molar-refractivity contribution in [3.63, 3.8) is 0 Å². The van der Waals surface area contributed by atoms with E-state index in [1.807, 2.05) is 0 Å². The van der Waals surface area contributed by atoms with Gasteiger partial charge in [-0.25, -0.2) is 4.67 Å². The Morgan fingerprint density at radius 2 is 1.63 bits per heavy atom. The quantitative estimate of drug-likeness (QED) is 0.515. The molecule has 0 bridgehead atoms. The van der Waals surface area contributed by atoms with Crippen LogP contribution in [0.15, 0.2) is 60.7 Å². The standard InChI is InChI=1S/C22H27ClNOPSi/c1-27(18-10-4-2-5-11-18,19-12-6-3-7-13-19)16-22-21-15-17-9-8-14-20(17)24(21)26(23)25-22/h2-7,10-13,17,20-22H,8-9,14-16H2,1H3/t17-,20-,21-,22+,26?/m0/s1. The highest BCUT2D eigenvalue weighted by atomic mass is 35.7. The zero-order valence-electron chi connectivity index (χ0n) is 15.8. The van der Waals surface area contributed by atoms with E-state index in [1.165, 1.54) is 36.1 Å². The monoisotopic (exact) mass is 415 g/mol. The minimum absolute atomic E-state index is 0.274. The van der Waals surface area contributed by atoms with Gasteiger partial charge in [-0.1, -0.05) is 84.0 Å². The minimum atomic E-state index is -1.89. The molecule has 27 heavy (non-hydrogen) atoms. The third-order valence-corrected chi connectivity index (χ3v) is 13.7. The highest BCUT2D eigenvalue weighted by molar-refractivity contribution is 7.78. The number of rotatable bonds is 4. The summed E-state index contributed by atoms with van der Waals surface area (Å²) in [6.45, 7) is 2.51. The highest BCUT2D eigenvalue weighted by Crippen LogP contribution is 2.64. The van der Waals surface area contributed by atoms with Crippen LogP contribution >= 0.6 is 18.9 Å². The van der Waals surface area contributed by atoms with Crippen LogP contribution < -0.4 is 10.4 Å². The fraction of sp³-hybridized carbons (Fsp3) is 0.455. The number of fused-ring (bicyclic) bond motifs is 3. The first kappa shape index (κ1) is 18.3. The Morgan fingerprint density at radius 1 is 1.00 bits per heavy atom. The lowest BCUT2D eigenvalue weighted by Crippen LogP contribution is -2.58. The molecule has 2 heterocycles. The van der Waals surface area contributed by atoms with Gasteiger partial charge in [0.05, 0.1) is 6.10 Å². The Hall–Kier alpha value is -0.703. The molecule has 1 unspecified atom stereocenters. The summed E-state index contributed by atoms with van der Waals surface area (Å²) in [5.74, 6) is 0.853. The molecule has 142 valence electrons. The molecule has 0 amide bonds. The molecule has 2 aliphatic heterocycles. The van der Waals surface area contributed by atoms with Crippen LogP contribution in [0, 0.1) is 5.92 Å². The maximum absolute atomic E-state index is 6.78. The van der Waals surface area contributed by atoms with Crippen molar-refractivity contribution >= 4 is 37.3 Å². The summed E-state index contributed by atoms with van der Waals surface area (Å²) < 4.78 is 9.05. The van der Waals surface area contributed by atoms with Gasteiger partial charge < -0.3 is 4.52 Å². The van der Waals surface area contributed by atoms with Crippen LogP contribution in [0.1, 0.15) is 25.7 Å². The Labute approximate surface area is 169 Å². The number of hydrogen-bond donors (Lipinski definition) is 0. The third kappa shape index (κ3) is 3.12. The maximum atomic E-state index is 6.78. The van der Waals surface area contributed by atoms with E-state index >= 15 is 0 Å². The van der Waals surface area contributed by atoms with Crippen molar-refractivity contribution in [2.75, 3.05) is 0 Å². The predicted molar refractivity (Wildman–Crippen MR) is 118 cm³/mol. The Bertz CT molecular complexity index is 752. The normalized spacial score (nSPS) is 33.2. The molecular formula is C22H27ClNOPSi. The largest absolute Gasteiger partial charge is 0.327 e. The first-order valence-corrected chi connectivity index (χ1v) is 15.0. The van der Waals surface area contributed by atoms with Gasteiger partial charge in [-0.3, -0.25) is 0 Å². The Morgan fingerprint density at radius 3 is 2.26 bits per heavy atom. The summed E-state index contributed by atoms with van der Waals surface area (Å²) in [6.07, 6.45) is 5.63. The lowest BCUT2D eigenvalue weighted by atomic mass is 10.00. The SMILES string of the molecule is C[Si](C[C@H]1OP(Cl)N2[C@H]3CCC[C@H]3C[C@@H]12)(c1ccccc1)c1ccccc1. The molecule has 0 aromatic heterocycles. The highest BCUT2D eigenvalue weighted by Gasteiger charge is 2.56. The van der Waals surface area contributed by atoms with E-state index in [9.17, 15) is 0 Å². The maximum Gasteiger partial charge on any atom is 0.207 e. The summed E-state index contributed by atoms with van der Waals surface area (Å²) in [7, 11) is -2.83. The van der Waals surface area contributed by atoms with Crippen molar-refractivity contribution < 1.29 is 4.52 Å². The van der Waals surface area contributed by atoms with Crippen LogP contribution in [0.5, 0.6) is 0 Å². The number of hydrogen-bond acceptors (Lipinski definition) is 2. The van der Waals surface area contributed by atoms with Crippen molar-refractivity contribution in [3.05, 3.63) is 60.7 Å². The van der Waals surface area contributed by atoms with Gasteiger partial charge in [0.2, 0.25) is 7.65 Å². The molecule has 0 spiro atoms. The van der Waals surface area contributed by atoms with E-state index in [1.54, 1.807) is 0 Å². The summed E-state index contributed by atoms with van der Waals surface area (Å²) >= 11 is 6.78. The fourth-order valence-corrected chi connectivity index (χ4v) is 12.2. The first-order chi connectivity index (χ1) is 13.2. The average Bonchev–Trinajstić information content (AvgIpc) is 3.36. The third-order valence-electron chi connectivity index (χ3n) is 7.11. The first-order valence-electron chi connectivity index (χ1n) is 10.2. The fourth-order valence-electron chi connectivity index (χ4n) is 5.69. The van der Waals surface area contributed by atoms with Crippen LogP contribution in [0.25, 0.3) is 0 Å². The van der Waals surface area contributed by atoms with Crippen LogP contribution in [-0.2, 0) is 4.52 Å². The topological polar surface area (TPSA) is 12.5 Å². The van der Waals surface area contributed by atoms with Crippen LogP contribution in [0.3, 0.4) is 0 Å². The van der Waals surface area contributed by atoms with Crippen molar-refractivity contribution in [2.24, 2.45) is 5.92 Å². The summed E-state index contributed by atoms with van der Waals surface area (Å²) in [5.41, 5.74) is 0. The van der Waals surface area contributed by atoms with Crippen LogP contribution in [0.2, 0.25) is 12.6 Å². The molecule has 5 heteroatoms. The van der Waals surface area contributed by atoms with Crippen molar-refractivity contribution in [1.82, 2.24) is 4.67 Å². The van der Waals surface area contributed by atoms with E-state index in [2.05, 4.69) is 71.9 Å². The van der Waals surface area contributed by atoms with E-state index in [4.69, 9.17) is 15.8 Å². The molecule has 2 saturated heterocycles. The molecule has 1 aliphatic carbocycles. The molecule has 2 nitrogen and oxygen atoms in total. The lowest BCUT2D eigenvalue weighted by Gasteiger charge is -2.32. The van der Waals surface area contributed by atoms with Gasteiger partial charge in [-0.2, -0.15) is 0 Å². The molecule has 2 aromatic rings. The van der Waals surface area contributed by atoms with E-state index in [0.29, 0.717) is 12.1 Å². The summed E-state index contributed by atoms with van der Waals surface area (Å²) in [5, 5.41) is 2.99. The van der Waals surface area contributed by atoms with Gasteiger partial charge in [-0.15, -0.1) is 0 Å². The van der Waals surface area contributed by atoms with Crippen molar-refractivity contribution in [3.8, 4) is 0 Å². The molecule has 5 rings (SSSR count).